The van der Waals surface area contributed by atoms with E-state index < -0.39 is 0 Å². The molecular weight excluding hydrogens is 212 g/mol. The second-order valence-corrected chi connectivity index (χ2v) is 4.75. The van der Waals surface area contributed by atoms with Crippen molar-refractivity contribution in [2.45, 2.75) is 20.3 Å². The Labute approximate surface area is 103 Å². The van der Waals surface area contributed by atoms with Crippen molar-refractivity contribution in [2.24, 2.45) is 11.8 Å². The maximum atomic E-state index is 12.0. The van der Waals surface area contributed by atoms with Gasteiger partial charge in [0.25, 0.3) is 0 Å². The molecule has 1 heterocycles. The van der Waals surface area contributed by atoms with Gasteiger partial charge in [0.2, 0.25) is 5.91 Å². The monoisotopic (exact) mass is 232 g/mol. The van der Waals surface area contributed by atoms with Crippen molar-refractivity contribution in [2.75, 3.05) is 18.4 Å². The van der Waals surface area contributed by atoms with Gasteiger partial charge in [-0.25, -0.2) is 0 Å². The maximum Gasteiger partial charge on any atom is 0.227 e. The van der Waals surface area contributed by atoms with Crippen LogP contribution in [0, 0.1) is 11.8 Å². The van der Waals surface area contributed by atoms with E-state index in [-0.39, 0.29) is 11.8 Å². The van der Waals surface area contributed by atoms with Crippen LogP contribution in [0.15, 0.2) is 24.3 Å². The summed E-state index contributed by atoms with van der Waals surface area (Å²) in [5.41, 5.74) is 2.19. The van der Waals surface area contributed by atoms with Crippen molar-refractivity contribution in [1.29, 1.82) is 0 Å². The normalized spacial score (nSPS) is 17.3. The Morgan fingerprint density at radius 1 is 1.41 bits per heavy atom. The van der Waals surface area contributed by atoms with Gasteiger partial charge in [0, 0.05) is 11.6 Å². The average Bonchev–Trinajstić information content (AvgIpc) is 2.27. The first-order valence-corrected chi connectivity index (χ1v) is 6.31. The molecule has 3 heteroatoms. The van der Waals surface area contributed by atoms with Crippen molar-refractivity contribution in [3.05, 3.63) is 29.8 Å². The van der Waals surface area contributed by atoms with E-state index in [2.05, 4.69) is 29.7 Å². The van der Waals surface area contributed by atoms with E-state index >= 15 is 0 Å². The molecule has 0 radical (unpaired) electrons. The van der Waals surface area contributed by atoms with E-state index in [0.717, 1.165) is 25.2 Å². The Morgan fingerprint density at radius 3 is 2.53 bits per heavy atom. The van der Waals surface area contributed by atoms with Crippen LogP contribution in [0.4, 0.5) is 5.69 Å². The maximum absolute atomic E-state index is 12.0. The van der Waals surface area contributed by atoms with Crippen LogP contribution < -0.4 is 10.6 Å². The van der Waals surface area contributed by atoms with Crippen LogP contribution in [-0.4, -0.2) is 19.0 Å². The van der Waals surface area contributed by atoms with Crippen LogP contribution in [-0.2, 0) is 11.2 Å². The molecule has 1 saturated heterocycles. The standard InChI is InChI=1S/C14H20N2O/c1-3-11-4-6-13(7-5-11)16-14(17)10(2)12-8-15-9-12/h4-7,10,12,15H,3,8-9H2,1-2H3,(H,16,17). The van der Waals surface area contributed by atoms with Crippen molar-refractivity contribution >= 4 is 11.6 Å². The predicted octanol–water partition coefficient (Wildman–Crippen LogP) is 2.04. The fraction of sp³-hybridized carbons (Fsp3) is 0.500. The van der Waals surface area contributed by atoms with Crippen molar-refractivity contribution in [3.8, 4) is 0 Å². The fourth-order valence-corrected chi connectivity index (χ4v) is 1.96. The lowest BCUT2D eigenvalue weighted by molar-refractivity contribution is -0.121. The van der Waals surface area contributed by atoms with Gasteiger partial charge < -0.3 is 10.6 Å². The summed E-state index contributed by atoms with van der Waals surface area (Å²) < 4.78 is 0. The summed E-state index contributed by atoms with van der Waals surface area (Å²) in [7, 11) is 0. The quantitative estimate of drug-likeness (QED) is 0.834. The first kappa shape index (κ1) is 12.1. The molecule has 1 aliphatic heterocycles. The van der Waals surface area contributed by atoms with Gasteiger partial charge in [0.1, 0.15) is 0 Å². The zero-order valence-corrected chi connectivity index (χ0v) is 10.5. The van der Waals surface area contributed by atoms with Gasteiger partial charge in [-0.05, 0) is 43.1 Å². The average molecular weight is 232 g/mol. The minimum absolute atomic E-state index is 0.0853. The summed E-state index contributed by atoms with van der Waals surface area (Å²) in [5.74, 6) is 0.702. The summed E-state index contributed by atoms with van der Waals surface area (Å²) in [6.45, 7) is 6.05. The van der Waals surface area contributed by atoms with Crippen LogP contribution in [0.1, 0.15) is 19.4 Å². The van der Waals surface area contributed by atoms with E-state index in [1.54, 1.807) is 0 Å². The molecule has 2 rings (SSSR count). The Bertz CT molecular complexity index is 382. The van der Waals surface area contributed by atoms with E-state index in [0.29, 0.717) is 5.92 Å². The summed E-state index contributed by atoms with van der Waals surface area (Å²) in [6.07, 6.45) is 1.03. The highest BCUT2D eigenvalue weighted by Crippen LogP contribution is 2.18. The first-order valence-electron chi connectivity index (χ1n) is 6.31. The number of hydrogen-bond acceptors (Lipinski definition) is 2. The number of hydrogen-bond donors (Lipinski definition) is 2. The number of nitrogens with one attached hydrogen (secondary N) is 2. The lowest BCUT2D eigenvalue weighted by Crippen LogP contribution is -2.48. The number of rotatable bonds is 4. The summed E-state index contributed by atoms with van der Waals surface area (Å²) >= 11 is 0. The number of amides is 1. The highest BCUT2D eigenvalue weighted by atomic mass is 16.1. The smallest absolute Gasteiger partial charge is 0.227 e. The zero-order chi connectivity index (χ0) is 12.3. The fourth-order valence-electron chi connectivity index (χ4n) is 1.96. The van der Waals surface area contributed by atoms with Gasteiger partial charge in [-0.1, -0.05) is 26.0 Å². The third-order valence-corrected chi connectivity index (χ3v) is 3.56. The van der Waals surface area contributed by atoms with Crippen molar-refractivity contribution in [3.63, 3.8) is 0 Å². The molecule has 0 spiro atoms. The second kappa shape index (κ2) is 5.32. The molecule has 1 unspecified atom stereocenters. The molecule has 0 bridgehead atoms. The molecule has 1 aliphatic rings. The molecule has 92 valence electrons. The lowest BCUT2D eigenvalue weighted by Gasteiger charge is -2.31. The molecule has 1 amide bonds. The van der Waals surface area contributed by atoms with Crippen LogP contribution in [0.5, 0.6) is 0 Å². The van der Waals surface area contributed by atoms with E-state index in [9.17, 15) is 4.79 Å². The minimum Gasteiger partial charge on any atom is -0.326 e. The van der Waals surface area contributed by atoms with Gasteiger partial charge in [-0.15, -0.1) is 0 Å². The second-order valence-electron chi connectivity index (χ2n) is 4.75. The largest absolute Gasteiger partial charge is 0.326 e. The minimum atomic E-state index is 0.0853. The topological polar surface area (TPSA) is 41.1 Å². The molecule has 0 aromatic heterocycles. The summed E-state index contributed by atoms with van der Waals surface area (Å²) in [6, 6.07) is 8.07. The molecule has 1 aromatic carbocycles. The molecule has 1 fully saturated rings. The van der Waals surface area contributed by atoms with E-state index in [1.165, 1.54) is 5.56 Å². The van der Waals surface area contributed by atoms with Gasteiger partial charge in [0.15, 0.2) is 0 Å². The lowest BCUT2D eigenvalue weighted by atomic mass is 9.88. The number of anilines is 1. The molecule has 2 N–H and O–H groups in total. The zero-order valence-electron chi connectivity index (χ0n) is 10.5. The molecule has 1 atom stereocenters. The van der Waals surface area contributed by atoms with Gasteiger partial charge in [-0.3, -0.25) is 4.79 Å². The Morgan fingerprint density at radius 2 is 2.06 bits per heavy atom. The van der Waals surface area contributed by atoms with Gasteiger partial charge in [-0.2, -0.15) is 0 Å². The highest BCUT2D eigenvalue weighted by Gasteiger charge is 2.28. The van der Waals surface area contributed by atoms with Crippen LogP contribution in [0.25, 0.3) is 0 Å². The van der Waals surface area contributed by atoms with Crippen molar-refractivity contribution in [1.82, 2.24) is 5.32 Å². The summed E-state index contributed by atoms with van der Waals surface area (Å²) in [5, 5.41) is 6.17. The Kier molecular flexibility index (Phi) is 3.79. The molecule has 3 nitrogen and oxygen atoms in total. The van der Waals surface area contributed by atoms with Gasteiger partial charge >= 0.3 is 0 Å². The van der Waals surface area contributed by atoms with Crippen molar-refractivity contribution < 1.29 is 4.79 Å². The van der Waals surface area contributed by atoms with Gasteiger partial charge in [0.05, 0.1) is 0 Å². The number of benzene rings is 1. The first-order chi connectivity index (χ1) is 8.20. The predicted molar refractivity (Wildman–Crippen MR) is 70.0 cm³/mol. The number of carbonyl (C=O) groups is 1. The summed E-state index contributed by atoms with van der Waals surface area (Å²) in [4.78, 5) is 12.0. The molecular formula is C14H20N2O. The van der Waals surface area contributed by atoms with E-state index in [1.807, 2.05) is 19.1 Å². The van der Waals surface area contributed by atoms with Crippen LogP contribution in [0.2, 0.25) is 0 Å². The molecule has 17 heavy (non-hydrogen) atoms. The molecule has 0 aliphatic carbocycles. The third kappa shape index (κ3) is 2.86. The molecule has 1 aromatic rings. The van der Waals surface area contributed by atoms with E-state index in [4.69, 9.17) is 0 Å². The third-order valence-electron chi connectivity index (χ3n) is 3.56. The Balaban J connectivity index is 1.92. The number of aryl methyl sites for hydroxylation is 1. The highest BCUT2D eigenvalue weighted by molar-refractivity contribution is 5.92. The molecule has 0 saturated carbocycles. The Hall–Kier alpha value is -1.35. The van der Waals surface area contributed by atoms with Crippen LogP contribution in [0.3, 0.4) is 0 Å². The number of carbonyl (C=O) groups excluding carboxylic acids is 1. The van der Waals surface area contributed by atoms with Crippen LogP contribution >= 0.6 is 0 Å². The SMILES string of the molecule is CCc1ccc(NC(=O)C(C)C2CNC2)cc1.